The van der Waals surface area contributed by atoms with Crippen LogP contribution in [0.15, 0.2) is 103 Å². The first kappa shape index (κ1) is 38.0. The lowest BCUT2D eigenvalue weighted by atomic mass is 9.82. The summed E-state index contributed by atoms with van der Waals surface area (Å²) in [7, 11) is -1.49. The summed E-state index contributed by atoms with van der Waals surface area (Å²) in [6.45, 7) is 6.02. The van der Waals surface area contributed by atoms with Crippen molar-refractivity contribution in [1.29, 1.82) is 0 Å². The Morgan fingerprint density at radius 1 is 1.00 bits per heavy atom. The molecule has 4 atom stereocenters. The maximum Gasteiger partial charge on any atom is 0.264 e. The molecule has 7 rings (SSSR count). The van der Waals surface area contributed by atoms with Crippen LogP contribution in [0, 0.1) is 5.92 Å². The monoisotopic (exact) mass is 760 g/mol. The van der Waals surface area contributed by atoms with Gasteiger partial charge in [0, 0.05) is 52.9 Å². The first-order valence-corrected chi connectivity index (χ1v) is 21.7. The van der Waals surface area contributed by atoms with E-state index < -0.39 is 31.5 Å². The fourth-order valence-electron chi connectivity index (χ4n) is 8.64. The molecule has 1 fully saturated rings. The summed E-state index contributed by atoms with van der Waals surface area (Å²) in [4.78, 5) is 60.5. The number of benzene rings is 4. The van der Waals surface area contributed by atoms with E-state index >= 15 is 4.79 Å². The van der Waals surface area contributed by atoms with Crippen LogP contribution in [0.5, 0.6) is 5.75 Å². The summed E-state index contributed by atoms with van der Waals surface area (Å²) in [6.07, 6.45) is 1.23. The Morgan fingerprint density at radius 3 is 2.49 bits per heavy atom. The molecule has 4 N–H and O–H groups in total. The number of nitrogens with one attached hydrogen (secondary N) is 2. The van der Waals surface area contributed by atoms with E-state index in [1.807, 2.05) is 117 Å². The number of ether oxygens (including phenoxy) is 2. The van der Waals surface area contributed by atoms with Gasteiger partial charge in [-0.3, -0.25) is 14.4 Å². The van der Waals surface area contributed by atoms with Crippen LogP contribution in [0.25, 0.3) is 10.9 Å². The van der Waals surface area contributed by atoms with E-state index in [1.54, 1.807) is 23.0 Å². The Labute approximate surface area is 322 Å². The molecule has 12 heteroatoms. The summed E-state index contributed by atoms with van der Waals surface area (Å²) >= 11 is 0. The standard InChI is InChI=1S/C43H48N4O7Si/c1-28-41(55(3,4)52)38(24-40(50)46(19-20-48)26-29-11-6-5-7-12-29)54-43(28)35-23-33(53-2)17-18-37(35)47(42(43)51)27-30-13-10-14-32(21-30)45-39(49)22-31-25-44-36-16-9-8-15-34(31)36/h5-18,21,23,25,28,38,41,44,48,52H,19-20,22,24,26-27H2,1-4H3,(H,45,49)/t28-,38+,41-,43+/m0/s1. The molecule has 286 valence electrons. The third-order valence-corrected chi connectivity index (χ3v) is 13.6. The molecule has 2 aliphatic rings. The summed E-state index contributed by atoms with van der Waals surface area (Å²) < 4.78 is 12.6. The van der Waals surface area contributed by atoms with Crippen LogP contribution in [0.2, 0.25) is 18.6 Å². The number of aromatic nitrogens is 1. The largest absolute Gasteiger partial charge is 0.497 e. The minimum absolute atomic E-state index is 0.0620. The second kappa shape index (κ2) is 15.5. The predicted molar refractivity (Wildman–Crippen MR) is 214 cm³/mol. The molecule has 3 heterocycles. The number of rotatable bonds is 13. The molecule has 3 amide bonds. The lowest BCUT2D eigenvalue weighted by Gasteiger charge is -2.32. The summed E-state index contributed by atoms with van der Waals surface area (Å²) in [5.74, 6) is -0.612. The molecule has 2 aliphatic heterocycles. The molecule has 0 radical (unpaired) electrons. The molecule has 1 aromatic heterocycles. The highest BCUT2D eigenvalue weighted by Gasteiger charge is 2.66. The quantitative estimate of drug-likeness (QED) is 0.106. The van der Waals surface area contributed by atoms with Crippen LogP contribution in [0.1, 0.15) is 35.6 Å². The number of H-pyrrole nitrogens is 1. The normalized spacial score (nSPS) is 20.6. The minimum atomic E-state index is -3.06. The number of methoxy groups -OCH3 is 1. The highest BCUT2D eigenvalue weighted by atomic mass is 28.4. The Kier molecular flexibility index (Phi) is 10.7. The average Bonchev–Trinajstić information content (AvgIpc) is 3.78. The number of aliphatic hydroxyl groups is 1. The zero-order chi connectivity index (χ0) is 38.9. The number of nitrogens with zero attached hydrogens (tertiary/aromatic N) is 2. The average molecular weight is 761 g/mol. The second-order valence-corrected chi connectivity index (χ2v) is 19.1. The third kappa shape index (κ3) is 7.42. The summed E-state index contributed by atoms with van der Waals surface area (Å²) in [5.41, 5.74) is 3.53. The number of hydrogen-bond donors (Lipinski definition) is 4. The van der Waals surface area contributed by atoms with Gasteiger partial charge in [-0.25, -0.2) is 0 Å². The molecule has 1 saturated heterocycles. The van der Waals surface area contributed by atoms with Gasteiger partial charge in [-0.05, 0) is 66.2 Å². The zero-order valence-corrected chi connectivity index (χ0v) is 32.6. The van der Waals surface area contributed by atoms with Gasteiger partial charge >= 0.3 is 0 Å². The Bertz CT molecular complexity index is 2200. The first-order chi connectivity index (χ1) is 26.4. The number of fused-ring (bicyclic) bond motifs is 3. The fourth-order valence-corrected chi connectivity index (χ4v) is 11.2. The number of amides is 3. The lowest BCUT2D eigenvalue weighted by molar-refractivity contribution is -0.150. The van der Waals surface area contributed by atoms with Gasteiger partial charge < -0.3 is 39.5 Å². The van der Waals surface area contributed by atoms with Gasteiger partial charge in [0.05, 0.1) is 44.9 Å². The van der Waals surface area contributed by atoms with Gasteiger partial charge in [0.15, 0.2) is 13.9 Å². The number of carbonyl (C=O) groups is 3. The molecular weight excluding hydrogens is 713 g/mol. The van der Waals surface area contributed by atoms with Crippen molar-refractivity contribution in [2.24, 2.45) is 5.92 Å². The smallest absolute Gasteiger partial charge is 0.264 e. The topological polar surface area (TPSA) is 144 Å². The molecule has 0 saturated carbocycles. The van der Waals surface area contributed by atoms with Crippen LogP contribution in [0.4, 0.5) is 11.4 Å². The van der Waals surface area contributed by atoms with Crippen LogP contribution >= 0.6 is 0 Å². The molecule has 0 unspecified atom stereocenters. The van der Waals surface area contributed by atoms with Gasteiger partial charge in [-0.2, -0.15) is 0 Å². The van der Waals surface area contributed by atoms with Crippen LogP contribution in [0.3, 0.4) is 0 Å². The van der Waals surface area contributed by atoms with Crippen molar-refractivity contribution in [2.75, 3.05) is 30.5 Å². The summed E-state index contributed by atoms with van der Waals surface area (Å²) in [6, 6.07) is 30.4. The molecular formula is C43H48N4O7Si. The van der Waals surface area contributed by atoms with Crippen LogP contribution in [-0.2, 0) is 44.2 Å². The number of para-hydroxylation sites is 1. The van der Waals surface area contributed by atoms with E-state index in [0.717, 1.165) is 27.6 Å². The van der Waals surface area contributed by atoms with Gasteiger partial charge in [-0.15, -0.1) is 0 Å². The van der Waals surface area contributed by atoms with Gasteiger partial charge in [0.25, 0.3) is 5.91 Å². The van der Waals surface area contributed by atoms with E-state index in [1.165, 1.54) is 0 Å². The van der Waals surface area contributed by atoms with E-state index in [2.05, 4.69) is 10.3 Å². The predicted octanol–water partition coefficient (Wildman–Crippen LogP) is 6.11. The highest BCUT2D eigenvalue weighted by molar-refractivity contribution is 6.71. The Balaban J connectivity index is 1.16. The molecule has 0 bridgehead atoms. The molecule has 4 aromatic carbocycles. The fraction of sp³-hybridized carbons (Fsp3) is 0.326. The molecule has 55 heavy (non-hydrogen) atoms. The van der Waals surface area contributed by atoms with E-state index in [4.69, 9.17) is 9.47 Å². The molecule has 11 nitrogen and oxygen atoms in total. The molecule has 0 aliphatic carbocycles. The van der Waals surface area contributed by atoms with Crippen LogP contribution in [-0.4, -0.2) is 72.2 Å². The van der Waals surface area contributed by atoms with Gasteiger partial charge in [0.2, 0.25) is 11.8 Å². The van der Waals surface area contributed by atoms with Gasteiger partial charge in [-0.1, -0.05) is 67.6 Å². The van der Waals surface area contributed by atoms with E-state index in [-0.39, 0.29) is 50.3 Å². The van der Waals surface area contributed by atoms with Crippen molar-refractivity contribution in [3.05, 3.63) is 126 Å². The minimum Gasteiger partial charge on any atom is -0.497 e. The number of anilines is 2. The van der Waals surface area contributed by atoms with Crippen molar-refractivity contribution in [3.8, 4) is 5.75 Å². The Morgan fingerprint density at radius 2 is 1.75 bits per heavy atom. The number of carbonyl (C=O) groups excluding carboxylic acids is 3. The number of aliphatic hydroxyl groups excluding tert-OH is 1. The highest BCUT2D eigenvalue weighted by Crippen LogP contribution is 2.60. The maximum atomic E-state index is 15.0. The molecule has 1 spiro atoms. The number of aromatic amines is 1. The Hall–Kier alpha value is -5.27. The van der Waals surface area contributed by atoms with E-state index in [9.17, 15) is 19.5 Å². The second-order valence-electron chi connectivity index (χ2n) is 15.1. The van der Waals surface area contributed by atoms with Crippen molar-refractivity contribution in [3.63, 3.8) is 0 Å². The summed E-state index contributed by atoms with van der Waals surface area (Å²) in [5, 5.41) is 13.9. The third-order valence-electron chi connectivity index (χ3n) is 11.1. The van der Waals surface area contributed by atoms with Crippen molar-refractivity contribution < 1.29 is 33.8 Å². The van der Waals surface area contributed by atoms with Crippen molar-refractivity contribution in [2.45, 2.75) is 63.2 Å². The molecule has 5 aromatic rings. The van der Waals surface area contributed by atoms with Crippen LogP contribution < -0.4 is 15.0 Å². The van der Waals surface area contributed by atoms with Gasteiger partial charge in [0.1, 0.15) is 5.75 Å². The first-order valence-electron chi connectivity index (χ1n) is 18.7. The van der Waals surface area contributed by atoms with Crippen molar-refractivity contribution >= 4 is 48.3 Å². The zero-order valence-electron chi connectivity index (χ0n) is 31.6. The van der Waals surface area contributed by atoms with E-state index in [0.29, 0.717) is 29.2 Å². The van der Waals surface area contributed by atoms with Crippen molar-refractivity contribution in [1.82, 2.24) is 9.88 Å². The lowest BCUT2D eigenvalue weighted by Crippen LogP contribution is -2.46. The SMILES string of the molecule is COc1ccc2c(c1)[C@@]1(O[C@H](CC(=O)N(CCO)Cc3ccccc3)[C@@H]([Si](C)(C)O)[C@@H]1C)C(=O)N2Cc1cccc(NC(=O)Cc2c[nH]c3ccccc23)c1. The number of hydrogen-bond acceptors (Lipinski definition) is 7. The maximum absolute atomic E-state index is 15.0.